The molecule has 1 aromatic carbocycles. The average Bonchev–Trinajstić information content (AvgIpc) is 2.19. The van der Waals surface area contributed by atoms with Crippen LogP contribution in [-0.2, 0) is 16.0 Å². The van der Waals surface area contributed by atoms with Gasteiger partial charge in [0.2, 0.25) is 0 Å². The molecule has 1 aromatic rings. The molecule has 2 N–H and O–H groups in total. The molecule has 0 spiro atoms. The van der Waals surface area contributed by atoms with Crippen LogP contribution >= 0.6 is 0 Å². The molecular formula is C11H13NO3. The Bertz CT molecular complexity index is 399. The molecule has 1 rings (SSSR count). The van der Waals surface area contributed by atoms with E-state index in [9.17, 15) is 9.59 Å². The lowest BCUT2D eigenvalue weighted by Crippen LogP contribution is -2.07. The zero-order valence-corrected chi connectivity index (χ0v) is 8.74. The van der Waals surface area contributed by atoms with E-state index < -0.39 is 5.97 Å². The van der Waals surface area contributed by atoms with Crippen molar-refractivity contribution < 1.29 is 14.3 Å². The molecule has 0 heterocycles. The molecule has 0 unspecified atom stereocenters. The number of carbonyl (C=O) groups excluding carboxylic acids is 2. The van der Waals surface area contributed by atoms with Gasteiger partial charge in [-0.3, -0.25) is 4.79 Å². The van der Waals surface area contributed by atoms with Gasteiger partial charge in [0.25, 0.3) is 0 Å². The van der Waals surface area contributed by atoms with Crippen LogP contribution in [0.1, 0.15) is 22.8 Å². The summed E-state index contributed by atoms with van der Waals surface area (Å²) in [5.74, 6) is -0.450. The largest absolute Gasteiger partial charge is 0.465 e. The van der Waals surface area contributed by atoms with Crippen LogP contribution in [0.25, 0.3) is 0 Å². The van der Waals surface area contributed by atoms with Crippen molar-refractivity contribution in [1.29, 1.82) is 0 Å². The molecule has 4 heteroatoms. The number of ether oxygens (including phenoxy) is 1. The van der Waals surface area contributed by atoms with Gasteiger partial charge < -0.3 is 10.5 Å². The lowest BCUT2D eigenvalue weighted by atomic mass is 10.0. The van der Waals surface area contributed by atoms with Crippen LogP contribution in [0.4, 0.5) is 5.69 Å². The van der Waals surface area contributed by atoms with E-state index in [0.717, 1.165) is 5.56 Å². The van der Waals surface area contributed by atoms with Gasteiger partial charge in [0, 0.05) is 12.1 Å². The number of hydrogen-bond acceptors (Lipinski definition) is 4. The van der Waals surface area contributed by atoms with Gasteiger partial charge in [-0.15, -0.1) is 0 Å². The molecule has 0 aliphatic heterocycles. The maximum atomic E-state index is 11.3. The first-order valence-electron chi connectivity index (χ1n) is 4.50. The Morgan fingerprint density at radius 2 is 2.07 bits per heavy atom. The second-order valence-corrected chi connectivity index (χ2v) is 3.29. The molecule has 4 nitrogen and oxygen atoms in total. The number of methoxy groups -OCH3 is 1. The summed E-state index contributed by atoms with van der Waals surface area (Å²) >= 11 is 0. The SMILES string of the molecule is COC(=O)c1cc(CC(C)=O)ccc1N. The third-order valence-corrected chi connectivity index (χ3v) is 1.98. The predicted molar refractivity (Wildman–Crippen MR) is 56.6 cm³/mol. The van der Waals surface area contributed by atoms with Gasteiger partial charge in [-0.2, -0.15) is 0 Å². The minimum Gasteiger partial charge on any atom is -0.465 e. The monoisotopic (exact) mass is 207 g/mol. The quantitative estimate of drug-likeness (QED) is 0.597. The molecule has 0 fully saturated rings. The predicted octanol–water partition coefficient (Wildman–Crippen LogP) is 1.19. The van der Waals surface area contributed by atoms with Crippen LogP contribution in [0.15, 0.2) is 18.2 Å². The molecular weight excluding hydrogens is 194 g/mol. The number of nitrogen functional groups attached to an aromatic ring is 1. The molecule has 0 saturated heterocycles. The molecule has 0 atom stereocenters. The van der Waals surface area contributed by atoms with Crippen molar-refractivity contribution in [2.24, 2.45) is 0 Å². The van der Waals surface area contributed by atoms with Crippen molar-refractivity contribution in [3.05, 3.63) is 29.3 Å². The van der Waals surface area contributed by atoms with Gasteiger partial charge in [-0.05, 0) is 24.6 Å². The molecule has 0 aliphatic carbocycles. The third kappa shape index (κ3) is 2.80. The Labute approximate surface area is 88.0 Å². The molecule has 0 aliphatic rings. The number of anilines is 1. The molecule has 15 heavy (non-hydrogen) atoms. The van der Waals surface area contributed by atoms with Gasteiger partial charge in [0.05, 0.1) is 12.7 Å². The summed E-state index contributed by atoms with van der Waals surface area (Å²) in [5.41, 5.74) is 7.03. The van der Waals surface area contributed by atoms with E-state index in [2.05, 4.69) is 4.74 Å². The minimum absolute atomic E-state index is 0.0376. The van der Waals surface area contributed by atoms with E-state index in [-0.39, 0.29) is 5.78 Å². The number of hydrogen-bond donors (Lipinski definition) is 1. The Balaban J connectivity index is 3.05. The summed E-state index contributed by atoms with van der Waals surface area (Å²) < 4.78 is 4.57. The molecule has 80 valence electrons. The van der Waals surface area contributed by atoms with Crippen LogP contribution in [0.3, 0.4) is 0 Å². The van der Waals surface area contributed by atoms with Gasteiger partial charge >= 0.3 is 5.97 Å². The van der Waals surface area contributed by atoms with E-state index >= 15 is 0 Å². The van der Waals surface area contributed by atoms with Crippen molar-refractivity contribution in [1.82, 2.24) is 0 Å². The van der Waals surface area contributed by atoms with Gasteiger partial charge in [-0.25, -0.2) is 4.79 Å². The topological polar surface area (TPSA) is 69.4 Å². The summed E-state index contributed by atoms with van der Waals surface area (Å²) in [6.07, 6.45) is 0.296. The van der Waals surface area contributed by atoms with E-state index in [1.165, 1.54) is 14.0 Å². The second-order valence-electron chi connectivity index (χ2n) is 3.29. The lowest BCUT2D eigenvalue weighted by molar-refractivity contribution is -0.116. The third-order valence-electron chi connectivity index (χ3n) is 1.98. The highest BCUT2D eigenvalue weighted by atomic mass is 16.5. The maximum absolute atomic E-state index is 11.3. The van der Waals surface area contributed by atoms with Gasteiger partial charge in [-0.1, -0.05) is 6.07 Å². The Kier molecular flexibility index (Phi) is 3.44. The standard InChI is InChI=1S/C11H13NO3/c1-7(13)5-8-3-4-10(12)9(6-8)11(14)15-2/h3-4,6H,5,12H2,1-2H3. The van der Waals surface area contributed by atoms with Crippen LogP contribution in [-0.4, -0.2) is 18.9 Å². The highest BCUT2D eigenvalue weighted by Crippen LogP contribution is 2.15. The normalized spacial score (nSPS) is 9.73. The zero-order valence-electron chi connectivity index (χ0n) is 8.74. The van der Waals surface area contributed by atoms with Crippen LogP contribution in [0.2, 0.25) is 0 Å². The average molecular weight is 207 g/mol. The van der Waals surface area contributed by atoms with Crippen molar-refractivity contribution in [3.8, 4) is 0 Å². The number of rotatable bonds is 3. The van der Waals surface area contributed by atoms with Crippen LogP contribution in [0, 0.1) is 0 Å². The van der Waals surface area contributed by atoms with Crippen molar-refractivity contribution in [2.45, 2.75) is 13.3 Å². The minimum atomic E-state index is -0.488. The summed E-state index contributed by atoms with van der Waals surface area (Å²) in [4.78, 5) is 22.2. The highest BCUT2D eigenvalue weighted by molar-refractivity contribution is 5.95. The second kappa shape index (κ2) is 4.59. The summed E-state index contributed by atoms with van der Waals surface area (Å²) in [5, 5.41) is 0. The first-order valence-corrected chi connectivity index (χ1v) is 4.50. The fourth-order valence-corrected chi connectivity index (χ4v) is 1.29. The Morgan fingerprint density at radius 3 is 2.60 bits per heavy atom. The van der Waals surface area contributed by atoms with Crippen molar-refractivity contribution in [2.75, 3.05) is 12.8 Å². The summed E-state index contributed by atoms with van der Waals surface area (Å²) in [6, 6.07) is 4.91. The lowest BCUT2D eigenvalue weighted by Gasteiger charge is -2.05. The van der Waals surface area contributed by atoms with Crippen LogP contribution in [0.5, 0.6) is 0 Å². The maximum Gasteiger partial charge on any atom is 0.339 e. The molecule has 0 bridgehead atoms. The number of carbonyl (C=O) groups is 2. The molecule has 0 amide bonds. The number of Topliss-reactive ketones (excluding diaryl/α,β-unsaturated/α-hetero) is 1. The Morgan fingerprint density at radius 1 is 1.40 bits per heavy atom. The highest BCUT2D eigenvalue weighted by Gasteiger charge is 2.10. The number of esters is 1. The number of benzene rings is 1. The first kappa shape index (κ1) is 11.2. The fourth-order valence-electron chi connectivity index (χ4n) is 1.29. The summed E-state index contributed by atoms with van der Waals surface area (Å²) in [7, 11) is 1.29. The van der Waals surface area contributed by atoms with E-state index in [1.807, 2.05) is 0 Å². The van der Waals surface area contributed by atoms with E-state index in [0.29, 0.717) is 17.7 Å². The van der Waals surface area contributed by atoms with Gasteiger partial charge in [0.1, 0.15) is 5.78 Å². The fraction of sp³-hybridized carbons (Fsp3) is 0.273. The number of ketones is 1. The smallest absolute Gasteiger partial charge is 0.339 e. The van der Waals surface area contributed by atoms with Gasteiger partial charge in [0.15, 0.2) is 0 Å². The zero-order chi connectivity index (χ0) is 11.4. The van der Waals surface area contributed by atoms with Crippen molar-refractivity contribution in [3.63, 3.8) is 0 Å². The Hall–Kier alpha value is -1.84. The van der Waals surface area contributed by atoms with Crippen LogP contribution < -0.4 is 5.73 Å². The van der Waals surface area contributed by atoms with E-state index in [4.69, 9.17) is 5.73 Å². The molecule has 0 saturated carbocycles. The first-order chi connectivity index (χ1) is 7.04. The number of nitrogens with two attached hydrogens (primary N) is 1. The van der Waals surface area contributed by atoms with E-state index in [1.54, 1.807) is 18.2 Å². The summed E-state index contributed by atoms with van der Waals surface area (Å²) in [6.45, 7) is 1.49. The van der Waals surface area contributed by atoms with Crippen molar-refractivity contribution >= 4 is 17.4 Å². The molecule has 0 radical (unpaired) electrons. The molecule has 0 aromatic heterocycles.